The van der Waals surface area contributed by atoms with Crippen LogP contribution in [-0.4, -0.2) is 29.3 Å². The van der Waals surface area contributed by atoms with Crippen LogP contribution in [0.3, 0.4) is 0 Å². The first kappa shape index (κ1) is 17.9. The fraction of sp³-hybridized carbons (Fsp3) is 0.200. The van der Waals surface area contributed by atoms with Crippen molar-refractivity contribution >= 4 is 33.0 Å². The molecule has 0 bridgehead atoms. The highest BCUT2D eigenvalue weighted by molar-refractivity contribution is 7.89. The van der Waals surface area contributed by atoms with Gasteiger partial charge >= 0.3 is 5.69 Å². The third-order valence-corrected chi connectivity index (χ3v) is 6.12. The summed E-state index contributed by atoms with van der Waals surface area (Å²) in [5.41, 5.74) is -0.297. The van der Waals surface area contributed by atoms with Crippen molar-refractivity contribution < 1.29 is 8.42 Å². The summed E-state index contributed by atoms with van der Waals surface area (Å²) in [5, 5.41) is 6.64. The Balaban J connectivity index is 1.71. The molecule has 1 N–H and O–H groups in total. The fourth-order valence-corrected chi connectivity index (χ4v) is 4.13. The lowest BCUT2D eigenvalue weighted by atomic mass is 10.4. The van der Waals surface area contributed by atoms with Crippen molar-refractivity contribution in [1.82, 2.24) is 19.1 Å². The third kappa shape index (κ3) is 3.84. The molecule has 0 aliphatic heterocycles. The lowest BCUT2D eigenvalue weighted by Crippen LogP contribution is -2.31. The van der Waals surface area contributed by atoms with Gasteiger partial charge in [-0.05, 0) is 35.7 Å². The Labute approximate surface area is 153 Å². The lowest BCUT2D eigenvalue weighted by Gasteiger charge is -2.06. The molecule has 7 nitrogen and oxygen atoms in total. The van der Waals surface area contributed by atoms with Gasteiger partial charge in [-0.2, -0.15) is 0 Å². The maximum absolute atomic E-state index is 12.2. The van der Waals surface area contributed by atoms with Crippen LogP contribution in [0.25, 0.3) is 10.7 Å². The monoisotopic (exact) mass is 398 g/mol. The van der Waals surface area contributed by atoms with Gasteiger partial charge in [-0.1, -0.05) is 17.7 Å². The number of nitrogens with one attached hydrogen (secondary N) is 1. The van der Waals surface area contributed by atoms with Crippen LogP contribution >= 0.6 is 22.9 Å². The summed E-state index contributed by atoms with van der Waals surface area (Å²) in [6, 6.07) is 9.61. The van der Waals surface area contributed by atoms with Crippen LogP contribution in [0.4, 0.5) is 0 Å². The van der Waals surface area contributed by atoms with E-state index in [1.807, 2.05) is 17.5 Å². The van der Waals surface area contributed by atoms with Gasteiger partial charge in [-0.15, -0.1) is 16.4 Å². The van der Waals surface area contributed by atoms with Gasteiger partial charge in [0.1, 0.15) is 0 Å². The van der Waals surface area contributed by atoms with Gasteiger partial charge in [-0.3, -0.25) is 4.57 Å². The van der Waals surface area contributed by atoms with E-state index in [9.17, 15) is 13.2 Å². The summed E-state index contributed by atoms with van der Waals surface area (Å²) in [6.07, 6.45) is 0. The van der Waals surface area contributed by atoms with Gasteiger partial charge in [0, 0.05) is 18.6 Å². The van der Waals surface area contributed by atoms with Gasteiger partial charge in [0.25, 0.3) is 0 Å². The Hall–Kier alpha value is -1.94. The van der Waals surface area contributed by atoms with Crippen LogP contribution in [-0.2, 0) is 23.6 Å². The van der Waals surface area contributed by atoms with Crippen molar-refractivity contribution in [1.29, 1.82) is 0 Å². The molecule has 0 aliphatic carbocycles. The number of hydrogen-bond donors (Lipinski definition) is 1. The second kappa shape index (κ2) is 7.12. The van der Waals surface area contributed by atoms with Crippen molar-refractivity contribution in [2.45, 2.75) is 11.4 Å². The van der Waals surface area contributed by atoms with Crippen LogP contribution in [0.2, 0.25) is 5.02 Å². The predicted molar refractivity (Wildman–Crippen MR) is 97.4 cm³/mol. The van der Waals surface area contributed by atoms with Gasteiger partial charge in [-0.25, -0.2) is 22.6 Å². The molecule has 0 radical (unpaired) electrons. The molecular weight excluding hydrogens is 384 g/mol. The second-order valence-corrected chi connectivity index (χ2v) is 8.37. The Morgan fingerprint density at radius 3 is 2.60 bits per heavy atom. The molecule has 0 amide bonds. The highest BCUT2D eigenvalue weighted by Gasteiger charge is 2.15. The van der Waals surface area contributed by atoms with Gasteiger partial charge in [0.2, 0.25) is 10.0 Å². The van der Waals surface area contributed by atoms with E-state index in [1.54, 1.807) is 7.05 Å². The summed E-state index contributed by atoms with van der Waals surface area (Å²) in [7, 11) is -2.03. The maximum atomic E-state index is 12.2. The molecule has 1 aromatic carbocycles. The highest BCUT2D eigenvalue weighted by atomic mass is 35.5. The van der Waals surface area contributed by atoms with Crippen molar-refractivity contribution in [3.8, 4) is 10.7 Å². The normalized spacial score (nSPS) is 11.8. The zero-order chi connectivity index (χ0) is 18.0. The second-order valence-electron chi connectivity index (χ2n) is 5.22. The zero-order valence-electron chi connectivity index (χ0n) is 13.2. The number of rotatable bonds is 6. The molecule has 0 spiro atoms. The minimum absolute atomic E-state index is 0.0474. The van der Waals surface area contributed by atoms with E-state index in [2.05, 4.69) is 9.82 Å². The molecule has 0 saturated heterocycles. The number of halogens is 1. The van der Waals surface area contributed by atoms with Crippen molar-refractivity contribution in [3.05, 3.63) is 57.3 Å². The fourth-order valence-electron chi connectivity index (χ4n) is 2.24. The number of benzene rings is 1. The van der Waals surface area contributed by atoms with Gasteiger partial charge < -0.3 is 0 Å². The number of nitrogens with zero attached hydrogens (tertiary/aromatic N) is 3. The Morgan fingerprint density at radius 2 is 1.96 bits per heavy atom. The van der Waals surface area contributed by atoms with Crippen LogP contribution in [0.5, 0.6) is 0 Å². The average Bonchev–Trinajstić information content (AvgIpc) is 3.19. The Kier molecular flexibility index (Phi) is 5.09. The van der Waals surface area contributed by atoms with E-state index >= 15 is 0 Å². The van der Waals surface area contributed by atoms with Crippen LogP contribution in [0.1, 0.15) is 0 Å². The summed E-state index contributed by atoms with van der Waals surface area (Å²) in [5.74, 6) is 0.556. The molecule has 25 heavy (non-hydrogen) atoms. The molecule has 0 aliphatic rings. The van der Waals surface area contributed by atoms with Crippen molar-refractivity contribution in [2.75, 3.05) is 6.54 Å². The van der Waals surface area contributed by atoms with Gasteiger partial charge in [0.05, 0.1) is 16.3 Å². The van der Waals surface area contributed by atoms with E-state index in [0.29, 0.717) is 10.8 Å². The molecule has 0 fully saturated rings. The van der Waals surface area contributed by atoms with Crippen molar-refractivity contribution in [2.24, 2.45) is 7.05 Å². The maximum Gasteiger partial charge on any atom is 0.345 e. The van der Waals surface area contributed by atoms with E-state index < -0.39 is 10.0 Å². The smallest absolute Gasteiger partial charge is 0.277 e. The van der Waals surface area contributed by atoms with E-state index in [-0.39, 0.29) is 23.7 Å². The number of sulfonamides is 1. The minimum Gasteiger partial charge on any atom is -0.277 e. The summed E-state index contributed by atoms with van der Waals surface area (Å²) >= 11 is 7.24. The van der Waals surface area contributed by atoms with Crippen LogP contribution < -0.4 is 10.4 Å². The van der Waals surface area contributed by atoms with E-state index in [1.165, 1.54) is 44.9 Å². The first-order valence-corrected chi connectivity index (χ1v) is 10.1. The molecule has 2 heterocycles. The molecule has 132 valence electrons. The molecule has 2 aromatic heterocycles. The lowest BCUT2D eigenvalue weighted by molar-refractivity contribution is 0.551. The largest absolute Gasteiger partial charge is 0.345 e. The Morgan fingerprint density at radius 1 is 1.24 bits per heavy atom. The van der Waals surface area contributed by atoms with Gasteiger partial charge in [0.15, 0.2) is 5.82 Å². The van der Waals surface area contributed by atoms with Crippen molar-refractivity contribution in [3.63, 3.8) is 0 Å². The Bertz CT molecular complexity index is 1020. The highest BCUT2D eigenvalue weighted by Crippen LogP contribution is 2.20. The average molecular weight is 399 g/mol. The quantitative estimate of drug-likeness (QED) is 0.687. The zero-order valence-corrected chi connectivity index (χ0v) is 15.6. The molecular formula is C15H15ClN4O3S2. The minimum atomic E-state index is -3.66. The standard InChI is InChI=1S/C15H15ClN4O3S2/c1-19-14(13-3-2-10-24-13)18-20(15(19)21)9-8-17-25(22,23)12-6-4-11(16)5-7-12/h2-7,10,17H,8-9H2,1H3. The summed E-state index contributed by atoms with van der Waals surface area (Å²) in [4.78, 5) is 13.2. The number of thiophene rings is 1. The molecule has 0 saturated carbocycles. The first-order valence-electron chi connectivity index (χ1n) is 7.31. The van der Waals surface area contributed by atoms with Crippen LogP contribution in [0.15, 0.2) is 51.5 Å². The number of hydrogen-bond acceptors (Lipinski definition) is 5. The SMILES string of the molecule is Cn1c(-c2cccs2)nn(CCNS(=O)(=O)c2ccc(Cl)cc2)c1=O. The topological polar surface area (TPSA) is 86.0 Å². The predicted octanol–water partition coefficient (Wildman–Crippen LogP) is 1.94. The van der Waals surface area contributed by atoms with Crippen LogP contribution in [0, 0.1) is 0 Å². The molecule has 3 aromatic rings. The van der Waals surface area contributed by atoms with E-state index in [0.717, 1.165) is 4.88 Å². The molecule has 10 heteroatoms. The molecule has 0 atom stereocenters. The summed E-state index contributed by atoms with van der Waals surface area (Å²) in [6.45, 7) is 0.177. The first-order chi connectivity index (χ1) is 11.9. The third-order valence-electron chi connectivity index (χ3n) is 3.52. The molecule has 3 rings (SSSR count). The molecule has 0 unspecified atom stereocenters. The summed E-state index contributed by atoms with van der Waals surface area (Å²) < 4.78 is 29.6. The number of aromatic nitrogens is 3. The van der Waals surface area contributed by atoms with E-state index in [4.69, 9.17) is 11.6 Å².